The van der Waals surface area contributed by atoms with E-state index in [1.807, 2.05) is 0 Å². The molecule has 0 spiro atoms. The molecule has 0 aromatic heterocycles. The molecule has 9 heteroatoms. The number of rotatable bonds is 6. The van der Waals surface area contributed by atoms with Gasteiger partial charge in [-0.1, -0.05) is 12.1 Å². The number of methoxy groups -OCH3 is 2. The lowest BCUT2D eigenvalue weighted by atomic mass is 10.1. The van der Waals surface area contributed by atoms with Crippen molar-refractivity contribution in [3.05, 3.63) is 46.9 Å². The summed E-state index contributed by atoms with van der Waals surface area (Å²) < 4.78 is 20.2. The highest BCUT2D eigenvalue weighted by molar-refractivity contribution is 5.91. The molecular formula is C18H20O9. The van der Waals surface area contributed by atoms with Gasteiger partial charge in [-0.25, -0.2) is 9.59 Å². The molecule has 3 N–H and O–H groups in total. The summed E-state index contributed by atoms with van der Waals surface area (Å²) in [4.78, 5) is 22.5. The van der Waals surface area contributed by atoms with Crippen LogP contribution >= 0.6 is 0 Å². The van der Waals surface area contributed by atoms with Gasteiger partial charge in [0, 0.05) is 5.57 Å². The Labute approximate surface area is 155 Å². The Bertz CT molecular complexity index is 764. The van der Waals surface area contributed by atoms with Crippen LogP contribution < -0.4 is 4.74 Å². The summed E-state index contributed by atoms with van der Waals surface area (Å²) >= 11 is 0. The van der Waals surface area contributed by atoms with Gasteiger partial charge < -0.3 is 34.3 Å². The van der Waals surface area contributed by atoms with E-state index in [1.54, 1.807) is 24.3 Å². The van der Waals surface area contributed by atoms with Crippen LogP contribution in [0.2, 0.25) is 0 Å². The normalized spacial score (nSPS) is 24.0. The Morgan fingerprint density at radius 2 is 1.74 bits per heavy atom. The molecule has 3 atom stereocenters. The van der Waals surface area contributed by atoms with Gasteiger partial charge in [0.1, 0.15) is 11.9 Å². The maximum atomic E-state index is 11.7. The predicted molar refractivity (Wildman–Crippen MR) is 91.3 cm³/mol. The molecule has 1 aromatic carbocycles. The van der Waals surface area contributed by atoms with Crippen LogP contribution in [-0.2, 0) is 23.8 Å². The second-order valence-electron chi connectivity index (χ2n) is 5.63. The second-order valence-corrected chi connectivity index (χ2v) is 5.63. The Morgan fingerprint density at radius 3 is 2.26 bits per heavy atom. The van der Waals surface area contributed by atoms with E-state index < -0.39 is 30.4 Å². The van der Waals surface area contributed by atoms with Crippen LogP contribution in [-0.4, -0.2) is 60.0 Å². The van der Waals surface area contributed by atoms with Crippen LogP contribution in [0.1, 0.15) is 12.5 Å². The van der Waals surface area contributed by atoms with Crippen molar-refractivity contribution in [1.82, 2.24) is 0 Å². The van der Waals surface area contributed by atoms with Gasteiger partial charge in [0.25, 0.3) is 6.29 Å². The van der Waals surface area contributed by atoms with Gasteiger partial charge in [-0.15, -0.1) is 0 Å². The van der Waals surface area contributed by atoms with Crippen molar-refractivity contribution in [2.75, 3.05) is 14.2 Å². The lowest BCUT2D eigenvalue weighted by Crippen LogP contribution is -2.33. The molecule has 1 heterocycles. The van der Waals surface area contributed by atoms with Crippen molar-refractivity contribution in [1.29, 1.82) is 0 Å². The number of aliphatic hydroxyl groups is 2. The maximum absolute atomic E-state index is 11.7. The lowest BCUT2D eigenvalue weighted by Gasteiger charge is -2.16. The van der Waals surface area contributed by atoms with Crippen molar-refractivity contribution in [2.24, 2.45) is 0 Å². The number of aliphatic hydroxyl groups excluding tert-OH is 2. The van der Waals surface area contributed by atoms with E-state index in [9.17, 15) is 19.8 Å². The molecule has 0 amide bonds. The fourth-order valence-electron chi connectivity index (χ4n) is 2.32. The maximum Gasteiger partial charge on any atom is 0.377 e. The van der Waals surface area contributed by atoms with Crippen molar-refractivity contribution >= 4 is 18.0 Å². The van der Waals surface area contributed by atoms with E-state index in [-0.39, 0.29) is 17.1 Å². The average molecular weight is 380 g/mol. The van der Waals surface area contributed by atoms with E-state index in [4.69, 9.17) is 19.3 Å². The van der Waals surface area contributed by atoms with E-state index in [2.05, 4.69) is 4.74 Å². The first-order valence-corrected chi connectivity index (χ1v) is 7.86. The number of esters is 1. The molecule has 0 saturated carbocycles. The molecule has 0 aliphatic carbocycles. The standard InChI is InChI=1S/C18H20O9/c1-9(16(21)22)8-10-4-6-11(7-5-10)26-18-13(20)12(19)14(27-18)15(24-2)17(23)25-3/h4-8,12-13,18-20H,1-3H3,(H,21,22)/b9-8+,15-14-. The number of benzene rings is 1. The molecule has 2 rings (SSSR count). The Morgan fingerprint density at radius 1 is 1.11 bits per heavy atom. The number of carboxylic acids is 1. The third-order valence-corrected chi connectivity index (χ3v) is 3.77. The van der Waals surface area contributed by atoms with Crippen LogP contribution in [0.5, 0.6) is 5.75 Å². The monoisotopic (exact) mass is 380 g/mol. The first kappa shape index (κ1) is 20.3. The minimum absolute atomic E-state index is 0.172. The summed E-state index contributed by atoms with van der Waals surface area (Å²) in [6.45, 7) is 1.47. The second kappa shape index (κ2) is 8.56. The van der Waals surface area contributed by atoms with Gasteiger partial charge in [0.05, 0.1) is 14.2 Å². The number of hydrogen-bond donors (Lipinski definition) is 3. The molecule has 3 unspecified atom stereocenters. The Balaban J connectivity index is 2.16. The highest BCUT2D eigenvalue weighted by Crippen LogP contribution is 2.30. The molecular weight excluding hydrogens is 360 g/mol. The van der Waals surface area contributed by atoms with Crippen LogP contribution in [0.4, 0.5) is 0 Å². The number of hydrogen-bond acceptors (Lipinski definition) is 8. The van der Waals surface area contributed by atoms with Crippen molar-refractivity contribution in [2.45, 2.75) is 25.4 Å². The number of carbonyl (C=O) groups excluding carboxylic acids is 1. The Hall–Kier alpha value is -3.04. The lowest BCUT2D eigenvalue weighted by molar-refractivity contribution is -0.140. The molecule has 0 radical (unpaired) electrons. The van der Waals surface area contributed by atoms with E-state index >= 15 is 0 Å². The van der Waals surface area contributed by atoms with Crippen LogP contribution in [0.25, 0.3) is 6.08 Å². The minimum atomic E-state index is -1.54. The smallest absolute Gasteiger partial charge is 0.377 e. The molecule has 1 aromatic rings. The average Bonchev–Trinajstić information content (AvgIpc) is 2.92. The molecule has 27 heavy (non-hydrogen) atoms. The summed E-state index contributed by atoms with van der Waals surface area (Å²) in [6.07, 6.45) is -2.81. The van der Waals surface area contributed by atoms with Gasteiger partial charge >= 0.3 is 11.9 Å². The SMILES string of the molecule is COC(=O)/C(OC)=C1/OC(Oc2ccc(/C=C(\C)C(=O)O)cc2)C(O)C1O. The van der Waals surface area contributed by atoms with Gasteiger partial charge in [-0.2, -0.15) is 0 Å². The molecule has 146 valence electrons. The third-order valence-electron chi connectivity index (χ3n) is 3.77. The summed E-state index contributed by atoms with van der Waals surface area (Å²) in [6, 6.07) is 6.32. The van der Waals surface area contributed by atoms with E-state index in [1.165, 1.54) is 20.1 Å². The topological polar surface area (TPSA) is 132 Å². The van der Waals surface area contributed by atoms with Crippen LogP contribution in [0.3, 0.4) is 0 Å². The third kappa shape index (κ3) is 4.57. The van der Waals surface area contributed by atoms with Gasteiger partial charge in [0.15, 0.2) is 11.9 Å². The molecule has 1 saturated heterocycles. The predicted octanol–water partition coefficient (Wildman–Crippen LogP) is 0.662. The number of carboxylic acid groups (broad SMARTS) is 1. The van der Waals surface area contributed by atoms with Crippen molar-refractivity contribution in [3.8, 4) is 5.75 Å². The van der Waals surface area contributed by atoms with Crippen molar-refractivity contribution < 1.29 is 43.9 Å². The molecule has 1 aliphatic heterocycles. The number of aliphatic carboxylic acids is 1. The number of carbonyl (C=O) groups is 2. The minimum Gasteiger partial charge on any atom is -0.487 e. The summed E-state index contributed by atoms with van der Waals surface area (Å²) in [5, 5.41) is 29.1. The van der Waals surface area contributed by atoms with E-state index in [0.717, 1.165) is 7.11 Å². The molecule has 9 nitrogen and oxygen atoms in total. The summed E-state index contributed by atoms with van der Waals surface area (Å²) in [5.74, 6) is -2.26. The fraction of sp³-hybridized carbons (Fsp3) is 0.333. The van der Waals surface area contributed by atoms with Gasteiger partial charge in [-0.05, 0) is 30.7 Å². The Kier molecular flexibility index (Phi) is 6.43. The first-order valence-electron chi connectivity index (χ1n) is 7.86. The van der Waals surface area contributed by atoms with E-state index in [0.29, 0.717) is 11.3 Å². The van der Waals surface area contributed by atoms with Crippen LogP contribution in [0.15, 0.2) is 41.4 Å². The largest absolute Gasteiger partial charge is 0.487 e. The highest BCUT2D eigenvalue weighted by atomic mass is 16.7. The zero-order chi connectivity index (χ0) is 20.1. The molecule has 1 aliphatic rings. The highest BCUT2D eigenvalue weighted by Gasteiger charge is 2.45. The zero-order valence-electron chi connectivity index (χ0n) is 14.9. The number of ether oxygens (including phenoxy) is 4. The van der Waals surface area contributed by atoms with Gasteiger partial charge in [-0.3, -0.25) is 0 Å². The molecule has 0 bridgehead atoms. The van der Waals surface area contributed by atoms with Crippen LogP contribution in [0, 0.1) is 0 Å². The summed E-state index contributed by atoms with van der Waals surface area (Å²) in [5.41, 5.74) is 0.814. The van der Waals surface area contributed by atoms with Gasteiger partial charge in [0.2, 0.25) is 5.76 Å². The van der Waals surface area contributed by atoms with Crippen molar-refractivity contribution in [3.63, 3.8) is 0 Å². The fourth-order valence-corrected chi connectivity index (χ4v) is 2.32. The zero-order valence-corrected chi connectivity index (χ0v) is 14.9. The molecule has 1 fully saturated rings. The quantitative estimate of drug-likeness (QED) is 0.370. The first-order chi connectivity index (χ1) is 12.8. The summed E-state index contributed by atoms with van der Waals surface area (Å²) in [7, 11) is 2.33.